The van der Waals surface area contributed by atoms with E-state index in [0.717, 1.165) is 25.6 Å². The van der Waals surface area contributed by atoms with Crippen molar-refractivity contribution in [1.29, 1.82) is 0 Å². The second kappa shape index (κ2) is 6.39. The van der Waals surface area contributed by atoms with Gasteiger partial charge in [-0.3, -0.25) is 0 Å². The zero-order chi connectivity index (χ0) is 14.8. The number of ether oxygens (including phenoxy) is 1. The Morgan fingerprint density at radius 2 is 1.76 bits per heavy atom. The van der Waals surface area contributed by atoms with Crippen molar-refractivity contribution in [1.82, 2.24) is 0 Å². The van der Waals surface area contributed by atoms with Gasteiger partial charge in [-0.2, -0.15) is 0 Å². The maximum atomic E-state index is 6.21. The molecule has 0 unspecified atom stereocenters. The van der Waals surface area contributed by atoms with Crippen LogP contribution in [0.15, 0.2) is 63.5 Å². The van der Waals surface area contributed by atoms with E-state index in [2.05, 4.69) is 50.1 Å². The van der Waals surface area contributed by atoms with E-state index in [0.29, 0.717) is 11.6 Å². The van der Waals surface area contributed by atoms with Gasteiger partial charge in [-0.05, 0) is 44.9 Å². The summed E-state index contributed by atoms with van der Waals surface area (Å²) in [6.07, 6.45) is 0. The van der Waals surface area contributed by atoms with Crippen LogP contribution in [0.1, 0.15) is 5.56 Å². The fraction of sp³-hybridized carbons (Fsp3) is 0.0588. The molecule has 21 heavy (non-hydrogen) atoms. The Hall–Kier alpha value is -1.03. The molecule has 0 aliphatic rings. The van der Waals surface area contributed by atoms with Crippen LogP contribution in [0, 0.1) is 0 Å². The molecule has 0 heterocycles. The molecule has 3 aromatic carbocycles. The van der Waals surface area contributed by atoms with E-state index in [1.54, 1.807) is 0 Å². The van der Waals surface area contributed by atoms with Gasteiger partial charge in [0.15, 0.2) is 0 Å². The quantitative estimate of drug-likeness (QED) is 0.459. The van der Waals surface area contributed by atoms with Crippen LogP contribution in [0.25, 0.3) is 10.8 Å². The zero-order valence-corrected chi connectivity index (χ0v) is 14.9. The van der Waals surface area contributed by atoms with Crippen molar-refractivity contribution in [3.63, 3.8) is 0 Å². The van der Waals surface area contributed by atoms with Crippen molar-refractivity contribution in [2.24, 2.45) is 0 Å². The van der Waals surface area contributed by atoms with Gasteiger partial charge >= 0.3 is 0 Å². The molecule has 0 radical (unpaired) electrons. The predicted molar refractivity (Wildman–Crippen MR) is 95.1 cm³/mol. The number of hydrogen-bond donors (Lipinski definition) is 0. The number of hydrogen-bond acceptors (Lipinski definition) is 1. The maximum absolute atomic E-state index is 6.21. The van der Waals surface area contributed by atoms with Gasteiger partial charge in [0.1, 0.15) is 12.4 Å². The Labute approximate surface area is 145 Å². The molecular formula is C17H11Br2ClO. The molecule has 0 saturated carbocycles. The van der Waals surface area contributed by atoms with Crippen molar-refractivity contribution in [3.8, 4) is 5.75 Å². The molecule has 3 rings (SSSR count). The lowest BCUT2D eigenvalue weighted by molar-refractivity contribution is 0.305. The topological polar surface area (TPSA) is 9.23 Å². The van der Waals surface area contributed by atoms with Gasteiger partial charge < -0.3 is 4.74 Å². The molecule has 0 spiro atoms. The highest BCUT2D eigenvalue weighted by molar-refractivity contribution is 9.11. The highest BCUT2D eigenvalue weighted by Crippen LogP contribution is 2.34. The second-order valence-electron chi connectivity index (χ2n) is 4.62. The van der Waals surface area contributed by atoms with E-state index in [9.17, 15) is 0 Å². The normalized spacial score (nSPS) is 10.8. The van der Waals surface area contributed by atoms with E-state index >= 15 is 0 Å². The summed E-state index contributed by atoms with van der Waals surface area (Å²) < 4.78 is 7.83. The minimum Gasteiger partial charge on any atom is -0.488 e. The van der Waals surface area contributed by atoms with Gasteiger partial charge in [0, 0.05) is 15.1 Å². The summed E-state index contributed by atoms with van der Waals surface area (Å²) in [5.41, 5.74) is 0.958. The van der Waals surface area contributed by atoms with E-state index in [4.69, 9.17) is 16.3 Å². The lowest BCUT2D eigenvalue weighted by Gasteiger charge is -2.11. The minimum atomic E-state index is 0.434. The van der Waals surface area contributed by atoms with Crippen LogP contribution in [0.3, 0.4) is 0 Å². The average molecular weight is 427 g/mol. The molecule has 3 aromatic rings. The monoisotopic (exact) mass is 424 g/mol. The molecule has 0 N–H and O–H groups in total. The fourth-order valence-corrected chi connectivity index (χ4v) is 3.45. The molecule has 0 saturated heterocycles. The lowest BCUT2D eigenvalue weighted by atomic mass is 10.1. The summed E-state index contributed by atoms with van der Waals surface area (Å²) in [5, 5.41) is 3.01. The minimum absolute atomic E-state index is 0.434. The van der Waals surface area contributed by atoms with E-state index < -0.39 is 0 Å². The summed E-state index contributed by atoms with van der Waals surface area (Å²) >= 11 is 13.2. The van der Waals surface area contributed by atoms with Crippen molar-refractivity contribution in [2.45, 2.75) is 6.61 Å². The maximum Gasteiger partial charge on any atom is 0.134 e. The standard InChI is InChI=1S/C17H11Br2ClO/c18-13-7-5-12(15(20)9-13)10-21-16-8-6-11-3-1-2-4-14(11)17(16)19/h1-9H,10H2. The van der Waals surface area contributed by atoms with Gasteiger partial charge in [-0.15, -0.1) is 0 Å². The van der Waals surface area contributed by atoms with Crippen molar-refractivity contribution in [2.75, 3.05) is 0 Å². The van der Waals surface area contributed by atoms with Crippen LogP contribution in [0.2, 0.25) is 5.02 Å². The van der Waals surface area contributed by atoms with Crippen LogP contribution < -0.4 is 4.74 Å². The highest BCUT2D eigenvalue weighted by Gasteiger charge is 2.07. The van der Waals surface area contributed by atoms with Crippen molar-refractivity contribution in [3.05, 3.63) is 74.1 Å². The fourth-order valence-electron chi connectivity index (χ4n) is 2.12. The highest BCUT2D eigenvalue weighted by atomic mass is 79.9. The Balaban J connectivity index is 1.87. The molecule has 0 aliphatic heterocycles. The molecule has 1 nitrogen and oxygen atoms in total. The Bertz CT molecular complexity index is 802. The lowest BCUT2D eigenvalue weighted by Crippen LogP contribution is -1.97. The molecule has 0 aliphatic carbocycles. The third-order valence-electron chi connectivity index (χ3n) is 3.23. The first-order valence-electron chi connectivity index (χ1n) is 6.39. The third kappa shape index (κ3) is 3.25. The summed E-state index contributed by atoms with van der Waals surface area (Å²) in [6, 6.07) is 18.0. The van der Waals surface area contributed by atoms with Crippen LogP contribution in [0.5, 0.6) is 5.75 Å². The Kier molecular flexibility index (Phi) is 4.53. The average Bonchev–Trinajstić information content (AvgIpc) is 2.48. The van der Waals surface area contributed by atoms with Crippen molar-refractivity contribution < 1.29 is 4.74 Å². The first-order chi connectivity index (χ1) is 10.1. The van der Waals surface area contributed by atoms with Gasteiger partial charge in [-0.25, -0.2) is 0 Å². The first kappa shape index (κ1) is 14.9. The van der Waals surface area contributed by atoms with Gasteiger partial charge in [0.2, 0.25) is 0 Å². The molecule has 106 valence electrons. The van der Waals surface area contributed by atoms with Gasteiger partial charge in [0.05, 0.1) is 4.47 Å². The van der Waals surface area contributed by atoms with Gasteiger partial charge in [-0.1, -0.05) is 63.9 Å². The number of benzene rings is 3. The van der Waals surface area contributed by atoms with Crippen LogP contribution in [0.4, 0.5) is 0 Å². The van der Waals surface area contributed by atoms with E-state index in [1.807, 2.05) is 36.4 Å². The second-order valence-corrected chi connectivity index (χ2v) is 6.74. The summed E-state index contributed by atoms with van der Waals surface area (Å²) in [7, 11) is 0. The predicted octanol–water partition coefficient (Wildman–Crippen LogP) is 6.60. The Morgan fingerprint density at radius 1 is 0.952 bits per heavy atom. The first-order valence-corrected chi connectivity index (χ1v) is 8.35. The van der Waals surface area contributed by atoms with Crippen LogP contribution >= 0.6 is 43.5 Å². The molecule has 4 heteroatoms. The molecule has 0 aromatic heterocycles. The van der Waals surface area contributed by atoms with Crippen molar-refractivity contribution >= 4 is 54.2 Å². The molecule has 0 bridgehead atoms. The van der Waals surface area contributed by atoms with E-state index in [-0.39, 0.29) is 0 Å². The summed E-state index contributed by atoms with van der Waals surface area (Å²) in [4.78, 5) is 0. The number of fused-ring (bicyclic) bond motifs is 1. The molecule has 0 amide bonds. The summed E-state index contributed by atoms with van der Waals surface area (Å²) in [5.74, 6) is 0.813. The molecule has 0 fully saturated rings. The SMILES string of the molecule is Clc1cc(Br)ccc1COc1ccc2ccccc2c1Br. The van der Waals surface area contributed by atoms with Gasteiger partial charge in [0.25, 0.3) is 0 Å². The zero-order valence-electron chi connectivity index (χ0n) is 10.9. The van der Waals surface area contributed by atoms with E-state index in [1.165, 1.54) is 5.39 Å². The third-order valence-corrected chi connectivity index (χ3v) is 4.89. The summed E-state index contributed by atoms with van der Waals surface area (Å²) in [6.45, 7) is 0.434. The molecular weight excluding hydrogens is 415 g/mol. The Morgan fingerprint density at radius 3 is 2.57 bits per heavy atom. The number of rotatable bonds is 3. The largest absolute Gasteiger partial charge is 0.488 e. The molecule has 0 atom stereocenters. The van der Waals surface area contributed by atoms with Crippen LogP contribution in [-0.2, 0) is 6.61 Å². The van der Waals surface area contributed by atoms with Crippen LogP contribution in [-0.4, -0.2) is 0 Å². The smallest absolute Gasteiger partial charge is 0.134 e. The number of halogens is 3.